The predicted octanol–water partition coefficient (Wildman–Crippen LogP) is 1.35. The summed E-state index contributed by atoms with van der Waals surface area (Å²) < 4.78 is 27.0. The van der Waals surface area contributed by atoms with Gasteiger partial charge >= 0.3 is 5.97 Å². The van der Waals surface area contributed by atoms with Crippen LogP contribution in [0.3, 0.4) is 0 Å². The van der Waals surface area contributed by atoms with E-state index in [4.69, 9.17) is 5.11 Å². The number of carboxylic acid groups (broad SMARTS) is 1. The van der Waals surface area contributed by atoms with Crippen molar-refractivity contribution in [2.45, 2.75) is 50.1 Å². The summed E-state index contributed by atoms with van der Waals surface area (Å²) in [5.41, 5.74) is -0.339. The van der Waals surface area contributed by atoms with Crippen molar-refractivity contribution in [3.8, 4) is 0 Å². The molecule has 112 valence electrons. The minimum atomic E-state index is -3.89. The molecule has 0 radical (unpaired) electrons. The van der Waals surface area contributed by atoms with Crippen LogP contribution in [0.4, 0.5) is 0 Å². The third kappa shape index (κ3) is 3.18. The third-order valence-electron chi connectivity index (χ3n) is 3.80. The van der Waals surface area contributed by atoms with Crippen molar-refractivity contribution >= 4 is 16.0 Å². The van der Waals surface area contributed by atoms with Gasteiger partial charge in [0.2, 0.25) is 0 Å². The van der Waals surface area contributed by atoms with Gasteiger partial charge in [-0.2, -0.15) is 5.10 Å². The fourth-order valence-electron chi connectivity index (χ4n) is 2.67. The minimum absolute atomic E-state index is 0.217. The Morgan fingerprint density at radius 1 is 1.45 bits per heavy atom. The van der Waals surface area contributed by atoms with Gasteiger partial charge in [0.05, 0.1) is 6.20 Å². The lowest BCUT2D eigenvalue weighted by Gasteiger charge is -2.27. The minimum Gasteiger partial charge on any atom is -0.478 e. The number of aromatic nitrogens is 2. The summed E-state index contributed by atoms with van der Waals surface area (Å²) in [6.07, 6.45) is 6.42. The molecule has 1 atom stereocenters. The number of nitrogens with zero attached hydrogens (tertiary/aromatic N) is 1. The summed E-state index contributed by atoms with van der Waals surface area (Å²) in [7, 11) is -3.89. The lowest BCUT2D eigenvalue weighted by atomic mass is 9.85. The zero-order chi connectivity index (χ0) is 14.8. The number of rotatable bonds is 5. The molecule has 0 spiro atoms. The molecule has 1 aromatic rings. The van der Waals surface area contributed by atoms with Crippen LogP contribution in [-0.4, -0.2) is 35.7 Å². The topological polar surface area (TPSA) is 112 Å². The molecule has 0 unspecified atom stereocenters. The fourth-order valence-corrected chi connectivity index (χ4v) is 4.07. The van der Waals surface area contributed by atoms with Crippen LogP contribution in [-0.2, 0) is 10.0 Å². The predicted molar refractivity (Wildman–Crippen MR) is 71.9 cm³/mol. The number of hydrogen-bond acceptors (Lipinski definition) is 4. The number of aromatic carboxylic acids is 1. The van der Waals surface area contributed by atoms with Crippen LogP contribution < -0.4 is 4.72 Å². The van der Waals surface area contributed by atoms with Crippen LogP contribution in [0.1, 0.15) is 49.4 Å². The smallest absolute Gasteiger partial charge is 0.340 e. The molecule has 0 aliphatic heterocycles. The Morgan fingerprint density at radius 3 is 2.70 bits per heavy atom. The van der Waals surface area contributed by atoms with Gasteiger partial charge < -0.3 is 5.11 Å². The SMILES string of the molecule is C[C@@H](NS(=O)(=O)c1[nH]ncc1C(=O)O)C1CCCCC1. The van der Waals surface area contributed by atoms with Crippen LogP contribution in [0.15, 0.2) is 11.2 Å². The first-order chi connectivity index (χ1) is 9.42. The van der Waals surface area contributed by atoms with E-state index in [-0.39, 0.29) is 16.6 Å². The number of carboxylic acids is 1. The molecule has 1 heterocycles. The van der Waals surface area contributed by atoms with Crippen molar-refractivity contribution in [2.24, 2.45) is 5.92 Å². The van der Waals surface area contributed by atoms with E-state index in [9.17, 15) is 13.2 Å². The van der Waals surface area contributed by atoms with Gasteiger partial charge in [-0.3, -0.25) is 5.10 Å². The van der Waals surface area contributed by atoms with Crippen LogP contribution in [0, 0.1) is 5.92 Å². The molecule has 0 bridgehead atoms. The third-order valence-corrected chi connectivity index (χ3v) is 5.33. The lowest BCUT2D eigenvalue weighted by Crippen LogP contribution is -2.39. The molecule has 1 aromatic heterocycles. The summed E-state index contributed by atoms with van der Waals surface area (Å²) in [5, 5.41) is 14.3. The number of H-pyrrole nitrogens is 1. The van der Waals surface area contributed by atoms with Gasteiger partial charge in [0.25, 0.3) is 10.0 Å². The highest BCUT2D eigenvalue weighted by molar-refractivity contribution is 7.89. The molecule has 0 saturated heterocycles. The van der Waals surface area contributed by atoms with E-state index in [2.05, 4.69) is 14.9 Å². The number of carbonyl (C=O) groups is 1. The largest absolute Gasteiger partial charge is 0.478 e. The highest BCUT2D eigenvalue weighted by Crippen LogP contribution is 2.27. The summed E-state index contributed by atoms with van der Waals surface area (Å²) in [6.45, 7) is 1.82. The first-order valence-corrected chi connectivity index (χ1v) is 8.19. The van der Waals surface area contributed by atoms with Gasteiger partial charge in [-0.25, -0.2) is 17.9 Å². The Bertz CT molecular complexity index is 575. The van der Waals surface area contributed by atoms with Crippen molar-refractivity contribution in [3.05, 3.63) is 11.8 Å². The molecule has 1 aliphatic rings. The molecular weight excluding hydrogens is 282 g/mol. The number of nitrogens with one attached hydrogen (secondary N) is 2. The molecule has 7 nitrogen and oxygen atoms in total. The zero-order valence-corrected chi connectivity index (χ0v) is 12.1. The van der Waals surface area contributed by atoms with Crippen LogP contribution >= 0.6 is 0 Å². The van der Waals surface area contributed by atoms with Crippen molar-refractivity contribution in [1.82, 2.24) is 14.9 Å². The van der Waals surface area contributed by atoms with Gasteiger partial charge in [0.15, 0.2) is 5.03 Å². The quantitative estimate of drug-likeness (QED) is 0.760. The van der Waals surface area contributed by atoms with Gasteiger partial charge in [-0.05, 0) is 25.7 Å². The molecule has 2 rings (SSSR count). The molecule has 0 aromatic carbocycles. The first-order valence-electron chi connectivity index (χ1n) is 6.71. The summed E-state index contributed by atoms with van der Waals surface area (Å²) >= 11 is 0. The molecule has 0 amide bonds. The summed E-state index contributed by atoms with van der Waals surface area (Å²) in [5.74, 6) is -1.01. The van der Waals surface area contributed by atoms with E-state index in [0.717, 1.165) is 31.9 Å². The van der Waals surface area contributed by atoms with Crippen LogP contribution in [0.5, 0.6) is 0 Å². The van der Waals surface area contributed by atoms with Crippen molar-refractivity contribution < 1.29 is 18.3 Å². The van der Waals surface area contributed by atoms with E-state index in [1.54, 1.807) is 0 Å². The first kappa shape index (κ1) is 15.0. The van der Waals surface area contributed by atoms with E-state index in [1.165, 1.54) is 6.42 Å². The molecule has 1 aliphatic carbocycles. The van der Waals surface area contributed by atoms with Crippen molar-refractivity contribution in [2.75, 3.05) is 0 Å². The maximum absolute atomic E-state index is 12.2. The Kier molecular flexibility index (Phi) is 4.44. The molecule has 3 N–H and O–H groups in total. The van der Waals surface area contributed by atoms with Crippen molar-refractivity contribution in [1.29, 1.82) is 0 Å². The molecule has 20 heavy (non-hydrogen) atoms. The van der Waals surface area contributed by atoms with Crippen molar-refractivity contribution in [3.63, 3.8) is 0 Å². The summed E-state index contributed by atoms with van der Waals surface area (Å²) in [4.78, 5) is 11.0. The Labute approximate surface area is 117 Å². The fraction of sp³-hybridized carbons (Fsp3) is 0.667. The van der Waals surface area contributed by atoms with Gasteiger partial charge in [-0.15, -0.1) is 0 Å². The monoisotopic (exact) mass is 301 g/mol. The number of sulfonamides is 1. The average Bonchev–Trinajstić information content (AvgIpc) is 2.89. The van der Waals surface area contributed by atoms with Gasteiger partial charge in [-0.1, -0.05) is 19.3 Å². The normalized spacial score (nSPS) is 18.9. The highest BCUT2D eigenvalue weighted by atomic mass is 32.2. The average molecular weight is 301 g/mol. The number of aromatic amines is 1. The maximum Gasteiger partial charge on any atom is 0.340 e. The van der Waals surface area contributed by atoms with Crippen LogP contribution in [0.2, 0.25) is 0 Å². The molecule has 8 heteroatoms. The van der Waals surface area contributed by atoms with Crippen LogP contribution in [0.25, 0.3) is 0 Å². The lowest BCUT2D eigenvalue weighted by molar-refractivity contribution is 0.0692. The van der Waals surface area contributed by atoms with E-state index in [1.807, 2.05) is 6.92 Å². The second kappa shape index (κ2) is 5.92. The Hall–Kier alpha value is -1.41. The van der Waals surface area contributed by atoms with Gasteiger partial charge in [0.1, 0.15) is 5.56 Å². The maximum atomic E-state index is 12.2. The standard InChI is InChI=1S/C12H19N3O4S/c1-8(9-5-3-2-4-6-9)15-20(18,19)11-10(12(16)17)7-13-14-11/h7-9,15H,2-6H2,1H3,(H,13,14)(H,16,17)/t8-/m1/s1. The molecule has 1 fully saturated rings. The highest BCUT2D eigenvalue weighted by Gasteiger charge is 2.29. The Morgan fingerprint density at radius 2 is 2.10 bits per heavy atom. The van der Waals surface area contributed by atoms with E-state index >= 15 is 0 Å². The number of hydrogen-bond donors (Lipinski definition) is 3. The molecular formula is C12H19N3O4S. The summed E-state index contributed by atoms with van der Waals surface area (Å²) in [6, 6.07) is -0.217. The second-order valence-electron chi connectivity index (χ2n) is 5.23. The zero-order valence-electron chi connectivity index (χ0n) is 11.3. The Balaban J connectivity index is 2.14. The second-order valence-corrected chi connectivity index (χ2v) is 6.88. The van der Waals surface area contributed by atoms with Gasteiger partial charge in [0, 0.05) is 6.04 Å². The van der Waals surface area contributed by atoms with E-state index < -0.39 is 16.0 Å². The van der Waals surface area contributed by atoms with E-state index in [0.29, 0.717) is 5.92 Å². The molecule has 1 saturated carbocycles.